The van der Waals surface area contributed by atoms with E-state index in [9.17, 15) is 4.79 Å². The minimum atomic E-state index is -0.0396. The number of benzene rings is 1. The molecule has 1 unspecified atom stereocenters. The van der Waals surface area contributed by atoms with E-state index in [2.05, 4.69) is 40.3 Å². The van der Waals surface area contributed by atoms with Gasteiger partial charge < -0.3 is 9.47 Å². The van der Waals surface area contributed by atoms with Crippen molar-refractivity contribution in [2.24, 2.45) is 7.05 Å². The predicted molar refractivity (Wildman–Crippen MR) is 91.8 cm³/mol. The minimum absolute atomic E-state index is 0.0396. The molecule has 0 saturated carbocycles. The summed E-state index contributed by atoms with van der Waals surface area (Å²) in [5.74, 6) is 1.55. The molecule has 0 radical (unpaired) electrons. The van der Waals surface area contributed by atoms with Gasteiger partial charge in [0.1, 0.15) is 11.5 Å². The summed E-state index contributed by atoms with van der Waals surface area (Å²) >= 11 is 0. The lowest BCUT2D eigenvalue weighted by Gasteiger charge is -2.22. The summed E-state index contributed by atoms with van der Waals surface area (Å²) in [7, 11) is 1.95. The number of aryl methyl sites for hydroxylation is 3. The van der Waals surface area contributed by atoms with Gasteiger partial charge in [0.25, 0.3) is 5.91 Å². The molecule has 1 fully saturated rings. The van der Waals surface area contributed by atoms with Gasteiger partial charge in [0.15, 0.2) is 5.82 Å². The lowest BCUT2D eigenvalue weighted by molar-refractivity contribution is 0.0721. The molecule has 2 aromatic heterocycles. The standard InChI is InChI=1S/C18H21N5O/c1-11-6-7-14-13(9-11)10-16(22(14)3)18(24)23-8-4-5-15(23)17-19-12(2)20-21-17/h6-7,9-10,15H,4-5,8H2,1-3H3,(H,19,20,21). The van der Waals surface area contributed by atoms with Crippen LogP contribution in [0, 0.1) is 13.8 Å². The Morgan fingerprint density at radius 1 is 1.29 bits per heavy atom. The van der Waals surface area contributed by atoms with E-state index in [-0.39, 0.29) is 11.9 Å². The molecule has 6 heteroatoms. The zero-order valence-electron chi connectivity index (χ0n) is 14.2. The molecule has 4 rings (SSSR count). The smallest absolute Gasteiger partial charge is 0.271 e. The van der Waals surface area contributed by atoms with Gasteiger partial charge >= 0.3 is 0 Å². The summed E-state index contributed by atoms with van der Waals surface area (Å²) in [6.45, 7) is 4.69. The van der Waals surface area contributed by atoms with Crippen molar-refractivity contribution in [2.75, 3.05) is 6.54 Å². The quantitative estimate of drug-likeness (QED) is 0.788. The second-order valence-corrected chi connectivity index (χ2v) is 6.59. The van der Waals surface area contributed by atoms with Crippen molar-refractivity contribution in [1.82, 2.24) is 24.6 Å². The van der Waals surface area contributed by atoms with Gasteiger partial charge in [-0.15, -0.1) is 0 Å². The van der Waals surface area contributed by atoms with Crippen LogP contribution in [0.1, 0.15) is 46.6 Å². The molecule has 1 saturated heterocycles. The molecule has 0 spiro atoms. The number of carbonyl (C=O) groups is 1. The van der Waals surface area contributed by atoms with Crippen molar-refractivity contribution >= 4 is 16.8 Å². The van der Waals surface area contributed by atoms with Crippen LogP contribution in [0.4, 0.5) is 0 Å². The van der Waals surface area contributed by atoms with Crippen LogP contribution in [0.15, 0.2) is 24.3 Å². The topological polar surface area (TPSA) is 66.8 Å². The number of amides is 1. The Morgan fingerprint density at radius 2 is 2.12 bits per heavy atom. The monoisotopic (exact) mass is 323 g/mol. The summed E-state index contributed by atoms with van der Waals surface area (Å²) in [5.41, 5.74) is 2.99. The SMILES string of the molecule is Cc1ccc2c(c1)cc(C(=O)N1CCCC1c1n[nH]c(C)n1)n2C. The third-order valence-corrected chi connectivity index (χ3v) is 4.84. The molecule has 0 aliphatic carbocycles. The van der Waals surface area contributed by atoms with Crippen LogP contribution in [-0.4, -0.2) is 37.1 Å². The highest BCUT2D eigenvalue weighted by Gasteiger charge is 2.34. The molecule has 1 amide bonds. The second kappa shape index (κ2) is 5.47. The summed E-state index contributed by atoms with van der Waals surface area (Å²) in [5, 5.41) is 8.25. The predicted octanol–water partition coefficient (Wildman–Crippen LogP) is 2.89. The van der Waals surface area contributed by atoms with Gasteiger partial charge in [-0.1, -0.05) is 11.6 Å². The third-order valence-electron chi connectivity index (χ3n) is 4.84. The van der Waals surface area contributed by atoms with Crippen LogP contribution in [0.25, 0.3) is 10.9 Å². The first kappa shape index (κ1) is 14.9. The summed E-state index contributed by atoms with van der Waals surface area (Å²) in [6.07, 6.45) is 1.89. The van der Waals surface area contributed by atoms with Crippen LogP contribution in [-0.2, 0) is 7.05 Å². The fourth-order valence-electron chi connectivity index (χ4n) is 3.61. The molecule has 3 heterocycles. The first-order valence-corrected chi connectivity index (χ1v) is 8.30. The molecule has 6 nitrogen and oxygen atoms in total. The number of aromatic amines is 1. The van der Waals surface area contributed by atoms with Crippen molar-refractivity contribution in [1.29, 1.82) is 0 Å². The van der Waals surface area contributed by atoms with E-state index in [0.29, 0.717) is 5.82 Å². The van der Waals surface area contributed by atoms with Crippen LogP contribution >= 0.6 is 0 Å². The molecule has 1 N–H and O–H groups in total. The van der Waals surface area contributed by atoms with E-state index in [1.807, 2.05) is 29.5 Å². The third kappa shape index (κ3) is 2.29. The maximum absolute atomic E-state index is 13.2. The average molecular weight is 323 g/mol. The largest absolute Gasteiger partial charge is 0.340 e. The van der Waals surface area contributed by atoms with Gasteiger partial charge in [-0.25, -0.2) is 4.98 Å². The van der Waals surface area contributed by atoms with Crippen LogP contribution in [0.2, 0.25) is 0 Å². The highest BCUT2D eigenvalue weighted by atomic mass is 16.2. The van der Waals surface area contributed by atoms with Gasteiger partial charge in [0.2, 0.25) is 0 Å². The van der Waals surface area contributed by atoms with Crippen molar-refractivity contribution in [3.63, 3.8) is 0 Å². The van der Waals surface area contributed by atoms with E-state index in [4.69, 9.17) is 0 Å². The maximum Gasteiger partial charge on any atom is 0.271 e. The fourth-order valence-corrected chi connectivity index (χ4v) is 3.61. The van der Waals surface area contributed by atoms with Gasteiger partial charge in [-0.3, -0.25) is 9.89 Å². The molecule has 24 heavy (non-hydrogen) atoms. The average Bonchev–Trinajstić information content (AvgIpc) is 3.25. The number of hydrogen-bond donors (Lipinski definition) is 1. The lowest BCUT2D eigenvalue weighted by Crippen LogP contribution is -2.32. The Bertz CT molecular complexity index is 923. The van der Waals surface area contributed by atoms with E-state index in [0.717, 1.165) is 41.8 Å². The van der Waals surface area contributed by atoms with Crippen LogP contribution in [0.5, 0.6) is 0 Å². The normalized spacial score (nSPS) is 17.8. The fraction of sp³-hybridized carbons (Fsp3) is 0.389. The van der Waals surface area contributed by atoms with Crippen molar-refractivity contribution in [3.8, 4) is 0 Å². The molecule has 1 aromatic carbocycles. The Labute approximate surface area is 140 Å². The zero-order chi connectivity index (χ0) is 16.8. The summed E-state index contributed by atoms with van der Waals surface area (Å²) in [4.78, 5) is 19.5. The molecule has 0 bridgehead atoms. The molecule has 1 aliphatic heterocycles. The molecular formula is C18H21N5O. The number of nitrogens with zero attached hydrogens (tertiary/aromatic N) is 4. The molecule has 1 aliphatic rings. The zero-order valence-corrected chi connectivity index (χ0v) is 14.2. The van der Waals surface area contributed by atoms with E-state index in [1.54, 1.807) is 0 Å². The van der Waals surface area contributed by atoms with Crippen molar-refractivity contribution in [3.05, 3.63) is 47.2 Å². The Hall–Kier alpha value is -2.63. The number of nitrogens with one attached hydrogen (secondary N) is 1. The maximum atomic E-state index is 13.2. The van der Waals surface area contributed by atoms with Gasteiger partial charge in [0, 0.05) is 24.5 Å². The Morgan fingerprint density at radius 3 is 2.88 bits per heavy atom. The molecule has 124 valence electrons. The van der Waals surface area contributed by atoms with Crippen LogP contribution < -0.4 is 0 Å². The van der Waals surface area contributed by atoms with Crippen molar-refractivity contribution < 1.29 is 4.79 Å². The van der Waals surface area contributed by atoms with E-state index < -0.39 is 0 Å². The van der Waals surface area contributed by atoms with Gasteiger partial charge in [-0.2, -0.15) is 5.10 Å². The van der Waals surface area contributed by atoms with Crippen molar-refractivity contribution in [2.45, 2.75) is 32.7 Å². The molecular weight excluding hydrogens is 302 g/mol. The number of aromatic nitrogens is 4. The van der Waals surface area contributed by atoms with Gasteiger partial charge in [-0.05, 0) is 44.9 Å². The first-order valence-electron chi connectivity index (χ1n) is 8.30. The summed E-state index contributed by atoms with van der Waals surface area (Å²) in [6, 6.07) is 8.21. The van der Waals surface area contributed by atoms with Gasteiger partial charge in [0.05, 0.1) is 6.04 Å². The Balaban J connectivity index is 1.71. The second-order valence-electron chi connectivity index (χ2n) is 6.59. The van der Waals surface area contributed by atoms with E-state index >= 15 is 0 Å². The lowest BCUT2D eigenvalue weighted by atomic mass is 10.2. The number of carbonyl (C=O) groups excluding carboxylic acids is 1. The number of rotatable bonds is 2. The minimum Gasteiger partial charge on any atom is -0.340 e. The number of hydrogen-bond acceptors (Lipinski definition) is 3. The highest BCUT2D eigenvalue weighted by molar-refractivity contribution is 5.99. The summed E-state index contributed by atoms with van der Waals surface area (Å²) < 4.78 is 1.98. The highest BCUT2D eigenvalue weighted by Crippen LogP contribution is 2.32. The molecule has 3 aromatic rings. The van der Waals surface area contributed by atoms with Crippen LogP contribution in [0.3, 0.4) is 0 Å². The number of likely N-dealkylation sites (tertiary alicyclic amines) is 1. The van der Waals surface area contributed by atoms with E-state index in [1.165, 1.54) is 5.56 Å². The first-order chi connectivity index (χ1) is 11.5. The number of fused-ring (bicyclic) bond motifs is 1. The molecule has 1 atom stereocenters. The number of H-pyrrole nitrogens is 1. The Kier molecular flexibility index (Phi) is 3.40.